The van der Waals surface area contributed by atoms with Crippen LogP contribution in [0.1, 0.15) is 23.3 Å². The van der Waals surface area contributed by atoms with E-state index < -0.39 is 0 Å². The smallest absolute Gasteiger partial charge is 0.267 e. The number of H-pyrrole nitrogens is 1. The van der Waals surface area contributed by atoms with Crippen molar-refractivity contribution in [2.75, 3.05) is 31.5 Å². The van der Waals surface area contributed by atoms with Crippen LogP contribution in [0.5, 0.6) is 0 Å². The van der Waals surface area contributed by atoms with E-state index >= 15 is 0 Å². The molecule has 1 aliphatic heterocycles. The molecule has 3 N–H and O–H groups in total. The third kappa shape index (κ3) is 4.60. The maximum absolute atomic E-state index is 12.5. The van der Waals surface area contributed by atoms with E-state index in [4.69, 9.17) is 0 Å². The summed E-state index contributed by atoms with van der Waals surface area (Å²) in [4.78, 5) is 28.2. The largest absolute Gasteiger partial charge is 0.351 e. The maximum atomic E-state index is 12.5. The molecule has 1 saturated heterocycles. The summed E-state index contributed by atoms with van der Waals surface area (Å²) in [5, 5.41) is 9.27. The second-order valence-electron chi connectivity index (χ2n) is 7.66. The van der Waals surface area contributed by atoms with Gasteiger partial charge in [-0.1, -0.05) is 6.07 Å². The summed E-state index contributed by atoms with van der Waals surface area (Å²) in [6.45, 7) is 3.85. The maximum Gasteiger partial charge on any atom is 0.267 e. The van der Waals surface area contributed by atoms with E-state index in [1.807, 2.05) is 47.8 Å². The molecule has 0 bridgehead atoms. The summed E-state index contributed by atoms with van der Waals surface area (Å²) in [5.41, 5.74) is 3.26. The second kappa shape index (κ2) is 8.87. The number of hydrogen-bond acceptors (Lipinski definition) is 6. The molecule has 0 unspecified atom stereocenters. The molecule has 158 valence electrons. The molecule has 0 spiro atoms. The predicted molar refractivity (Wildman–Crippen MR) is 125 cm³/mol. The van der Waals surface area contributed by atoms with Crippen LogP contribution >= 0.6 is 11.3 Å². The Bertz CT molecular complexity index is 1180. The van der Waals surface area contributed by atoms with Crippen LogP contribution < -0.4 is 10.6 Å². The Kier molecular flexibility index (Phi) is 5.64. The number of nitrogens with zero attached hydrogens (tertiary/aromatic N) is 3. The zero-order chi connectivity index (χ0) is 21.0. The SMILES string of the molecule is O=C(NCCN1CCCC1)c1cc2cc(Nc3nccc(-c4cccs4)n3)ccc2[nH]1. The minimum Gasteiger partial charge on any atom is -0.351 e. The van der Waals surface area contributed by atoms with Crippen molar-refractivity contribution in [3.8, 4) is 10.6 Å². The lowest BCUT2D eigenvalue weighted by molar-refractivity contribution is 0.0945. The molecule has 8 heteroatoms. The van der Waals surface area contributed by atoms with Gasteiger partial charge in [-0.05, 0) is 67.7 Å². The van der Waals surface area contributed by atoms with Gasteiger partial charge in [0.25, 0.3) is 5.91 Å². The molecule has 1 aliphatic rings. The van der Waals surface area contributed by atoms with Crippen molar-refractivity contribution in [2.45, 2.75) is 12.8 Å². The van der Waals surface area contributed by atoms with Crippen molar-refractivity contribution in [2.24, 2.45) is 0 Å². The number of carbonyl (C=O) groups is 1. The molecule has 5 rings (SSSR count). The van der Waals surface area contributed by atoms with Gasteiger partial charge in [-0.3, -0.25) is 4.79 Å². The zero-order valence-electron chi connectivity index (χ0n) is 17.1. The fourth-order valence-corrected chi connectivity index (χ4v) is 4.57. The Hall–Kier alpha value is -3.23. The molecule has 31 heavy (non-hydrogen) atoms. The summed E-state index contributed by atoms with van der Waals surface area (Å²) < 4.78 is 0. The van der Waals surface area contributed by atoms with Crippen LogP contribution in [-0.2, 0) is 0 Å². The van der Waals surface area contributed by atoms with Gasteiger partial charge in [-0.15, -0.1) is 11.3 Å². The summed E-state index contributed by atoms with van der Waals surface area (Å²) >= 11 is 1.65. The van der Waals surface area contributed by atoms with Crippen LogP contribution in [-0.4, -0.2) is 51.9 Å². The van der Waals surface area contributed by atoms with E-state index in [1.54, 1.807) is 17.5 Å². The van der Waals surface area contributed by atoms with E-state index in [9.17, 15) is 4.79 Å². The van der Waals surface area contributed by atoms with Crippen LogP contribution in [0, 0.1) is 0 Å². The molecular formula is C23H24N6OS. The number of nitrogens with one attached hydrogen (secondary N) is 3. The highest BCUT2D eigenvalue weighted by atomic mass is 32.1. The molecule has 4 heterocycles. The number of fused-ring (bicyclic) bond motifs is 1. The normalized spacial score (nSPS) is 14.2. The van der Waals surface area contributed by atoms with E-state index in [2.05, 4.69) is 30.5 Å². The van der Waals surface area contributed by atoms with E-state index in [1.165, 1.54) is 12.8 Å². The molecular weight excluding hydrogens is 408 g/mol. The number of anilines is 2. The molecule has 4 aromatic rings. The molecule has 7 nitrogen and oxygen atoms in total. The van der Waals surface area contributed by atoms with Gasteiger partial charge in [0.15, 0.2) is 0 Å². The fourth-order valence-electron chi connectivity index (χ4n) is 3.87. The first kappa shape index (κ1) is 19.7. The number of benzene rings is 1. The third-order valence-corrected chi connectivity index (χ3v) is 6.36. The number of aromatic amines is 1. The monoisotopic (exact) mass is 432 g/mol. The van der Waals surface area contributed by atoms with Crippen molar-refractivity contribution >= 4 is 39.8 Å². The number of carbonyl (C=O) groups excluding carboxylic acids is 1. The summed E-state index contributed by atoms with van der Waals surface area (Å²) in [6.07, 6.45) is 4.27. The summed E-state index contributed by atoms with van der Waals surface area (Å²) in [7, 11) is 0. The van der Waals surface area contributed by atoms with Crippen molar-refractivity contribution in [3.63, 3.8) is 0 Å². The van der Waals surface area contributed by atoms with Crippen LogP contribution in [0.3, 0.4) is 0 Å². The van der Waals surface area contributed by atoms with E-state index in [0.29, 0.717) is 18.2 Å². The average Bonchev–Trinajstić information content (AvgIpc) is 3.55. The summed E-state index contributed by atoms with van der Waals surface area (Å²) in [6, 6.07) is 13.7. The molecule has 0 aliphatic carbocycles. The van der Waals surface area contributed by atoms with Crippen molar-refractivity contribution in [1.82, 2.24) is 25.2 Å². The number of rotatable bonds is 7. The molecule has 3 aromatic heterocycles. The Balaban J connectivity index is 1.26. The first-order valence-corrected chi connectivity index (χ1v) is 11.4. The highest BCUT2D eigenvalue weighted by molar-refractivity contribution is 7.13. The average molecular weight is 433 g/mol. The van der Waals surface area contributed by atoms with E-state index in [0.717, 1.165) is 46.8 Å². The Morgan fingerprint density at radius 2 is 2.06 bits per heavy atom. The van der Waals surface area contributed by atoms with Crippen LogP contribution in [0.25, 0.3) is 21.5 Å². The number of thiophene rings is 1. The van der Waals surface area contributed by atoms with Gasteiger partial charge in [0, 0.05) is 35.9 Å². The quantitative estimate of drug-likeness (QED) is 0.406. The number of amides is 1. The van der Waals surface area contributed by atoms with Crippen LogP contribution in [0.2, 0.25) is 0 Å². The molecule has 1 amide bonds. The highest BCUT2D eigenvalue weighted by Gasteiger charge is 2.13. The Labute approximate surface area is 184 Å². The Morgan fingerprint density at radius 1 is 1.16 bits per heavy atom. The fraction of sp³-hybridized carbons (Fsp3) is 0.261. The number of aromatic nitrogens is 3. The molecule has 0 radical (unpaired) electrons. The van der Waals surface area contributed by atoms with Gasteiger partial charge < -0.3 is 20.5 Å². The Morgan fingerprint density at radius 3 is 2.90 bits per heavy atom. The third-order valence-electron chi connectivity index (χ3n) is 5.46. The van der Waals surface area contributed by atoms with Crippen molar-refractivity contribution < 1.29 is 4.79 Å². The topological polar surface area (TPSA) is 85.9 Å². The van der Waals surface area contributed by atoms with Gasteiger partial charge >= 0.3 is 0 Å². The van der Waals surface area contributed by atoms with E-state index in [-0.39, 0.29) is 5.91 Å². The minimum absolute atomic E-state index is 0.0723. The molecule has 1 aromatic carbocycles. The van der Waals surface area contributed by atoms with Crippen LogP contribution in [0.15, 0.2) is 54.0 Å². The first-order chi connectivity index (χ1) is 15.2. The lowest BCUT2D eigenvalue weighted by atomic mass is 10.2. The van der Waals surface area contributed by atoms with Crippen molar-refractivity contribution in [1.29, 1.82) is 0 Å². The second-order valence-corrected chi connectivity index (χ2v) is 8.61. The molecule has 0 atom stereocenters. The lowest BCUT2D eigenvalue weighted by Crippen LogP contribution is -2.33. The predicted octanol–water partition coefficient (Wildman–Crippen LogP) is 4.26. The number of hydrogen-bond donors (Lipinski definition) is 3. The van der Waals surface area contributed by atoms with Gasteiger partial charge in [-0.25, -0.2) is 9.97 Å². The lowest BCUT2D eigenvalue weighted by Gasteiger charge is -2.14. The van der Waals surface area contributed by atoms with Gasteiger partial charge in [0.05, 0.1) is 10.6 Å². The number of likely N-dealkylation sites (tertiary alicyclic amines) is 1. The van der Waals surface area contributed by atoms with Gasteiger partial charge in [0.1, 0.15) is 5.69 Å². The minimum atomic E-state index is -0.0723. The van der Waals surface area contributed by atoms with Gasteiger partial charge in [-0.2, -0.15) is 0 Å². The molecule has 0 saturated carbocycles. The molecule has 1 fully saturated rings. The summed E-state index contributed by atoms with van der Waals surface area (Å²) in [5.74, 6) is 0.470. The van der Waals surface area contributed by atoms with Crippen LogP contribution in [0.4, 0.5) is 11.6 Å². The first-order valence-electron chi connectivity index (χ1n) is 10.5. The van der Waals surface area contributed by atoms with Crippen molar-refractivity contribution in [3.05, 3.63) is 59.7 Å². The standard InChI is InChI=1S/C23H24N6OS/c30-22(24-9-12-29-10-1-2-11-29)20-15-16-14-17(5-6-18(16)27-20)26-23-25-8-7-19(28-23)21-4-3-13-31-21/h3-8,13-15,27H,1-2,9-12H2,(H,24,30)(H,25,26,28). The van der Waals surface area contributed by atoms with Gasteiger partial charge in [0.2, 0.25) is 5.95 Å². The zero-order valence-corrected chi connectivity index (χ0v) is 17.9. The highest BCUT2D eigenvalue weighted by Crippen LogP contribution is 2.25.